The minimum absolute atomic E-state index is 0.265. The first-order chi connectivity index (χ1) is 10.0. The predicted molar refractivity (Wildman–Crippen MR) is 85.3 cm³/mol. The SMILES string of the molecule is Cc1nn(C)cc1CNCC(O)COc1ccc(Br)cc1. The van der Waals surface area contributed by atoms with E-state index in [9.17, 15) is 5.11 Å². The first-order valence-electron chi connectivity index (χ1n) is 6.81. The summed E-state index contributed by atoms with van der Waals surface area (Å²) in [5, 5.41) is 17.4. The number of nitrogens with zero attached hydrogens (tertiary/aromatic N) is 2. The van der Waals surface area contributed by atoms with E-state index in [4.69, 9.17) is 4.74 Å². The third kappa shape index (κ3) is 5.15. The Kier molecular flexibility index (Phi) is 5.78. The number of aromatic nitrogens is 2. The summed E-state index contributed by atoms with van der Waals surface area (Å²) in [6, 6.07) is 7.54. The van der Waals surface area contributed by atoms with Crippen LogP contribution in [0.1, 0.15) is 11.3 Å². The summed E-state index contributed by atoms with van der Waals surface area (Å²) in [4.78, 5) is 0. The summed E-state index contributed by atoms with van der Waals surface area (Å²) >= 11 is 3.37. The molecular formula is C15H20BrN3O2. The lowest BCUT2D eigenvalue weighted by Gasteiger charge is -2.13. The van der Waals surface area contributed by atoms with Gasteiger partial charge in [0.15, 0.2) is 0 Å². The molecule has 0 aliphatic heterocycles. The zero-order valence-electron chi connectivity index (χ0n) is 12.2. The fourth-order valence-electron chi connectivity index (χ4n) is 1.98. The van der Waals surface area contributed by atoms with Crippen LogP contribution in [0.15, 0.2) is 34.9 Å². The fourth-order valence-corrected chi connectivity index (χ4v) is 2.24. The number of ether oxygens (including phenoxy) is 1. The van der Waals surface area contributed by atoms with E-state index in [2.05, 4.69) is 26.3 Å². The molecule has 6 heteroatoms. The van der Waals surface area contributed by atoms with Gasteiger partial charge in [0, 0.05) is 36.4 Å². The van der Waals surface area contributed by atoms with Crippen LogP contribution in [0, 0.1) is 6.92 Å². The van der Waals surface area contributed by atoms with Crippen LogP contribution in [0.5, 0.6) is 5.75 Å². The Labute approximate surface area is 133 Å². The first kappa shape index (κ1) is 16.0. The highest BCUT2D eigenvalue weighted by molar-refractivity contribution is 9.10. The lowest BCUT2D eigenvalue weighted by molar-refractivity contribution is 0.106. The fraction of sp³-hybridized carbons (Fsp3) is 0.400. The van der Waals surface area contributed by atoms with Gasteiger partial charge in [0.25, 0.3) is 0 Å². The molecule has 2 aromatic rings. The van der Waals surface area contributed by atoms with Crippen molar-refractivity contribution in [3.8, 4) is 5.75 Å². The molecule has 1 atom stereocenters. The van der Waals surface area contributed by atoms with E-state index < -0.39 is 6.10 Å². The molecule has 0 spiro atoms. The molecule has 1 heterocycles. The second kappa shape index (κ2) is 7.59. The Morgan fingerprint density at radius 1 is 1.38 bits per heavy atom. The molecule has 21 heavy (non-hydrogen) atoms. The van der Waals surface area contributed by atoms with E-state index in [0.717, 1.165) is 21.5 Å². The molecular weight excluding hydrogens is 334 g/mol. The Bertz CT molecular complexity index is 569. The van der Waals surface area contributed by atoms with Crippen molar-refractivity contribution in [2.45, 2.75) is 19.6 Å². The molecule has 1 aromatic carbocycles. The van der Waals surface area contributed by atoms with Gasteiger partial charge in [0.2, 0.25) is 0 Å². The normalized spacial score (nSPS) is 12.4. The van der Waals surface area contributed by atoms with Crippen LogP contribution in [0.3, 0.4) is 0 Å². The molecule has 0 bridgehead atoms. The minimum Gasteiger partial charge on any atom is -0.491 e. The first-order valence-corrected chi connectivity index (χ1v) is 7.60. The molecule has 2 rings (SSSR count). The molecule has 0 fully saturated rings. The van der Waals surface area contributed by atoms with Crippen molar-refractivity contribution in [1.29, 1.82) is 0 Å². The molecule has 5 nitrogen and oxygen atoms in total. The van der Waals surface area contributed by atoms with Gasteiger partial charge in [0.1, 0.15) is 18.5 Å². The molecule has 0 saturated carbocycles. The van der Waals surface area contributed by atoms with Crippen molar-refractivity contribution >= 4 is 15.9 Å². The van der Waals surface area contributed by atoms with Crippen LogP contribution in [-0.2, 0) is 13.6 Å². The van der Waals surface area contributed by atoms with Crippen LogP contribution in [-0.4, -0.2) is 34.1 Å². The third-order valence-electron chi connectivity index (χ3n) is 3.07. The van der Waals surface area contributed by atoms with Crippen molar-refractivity contribution in [3.05, 3.63) is 46.2 Å². The number of hydrogen-bond donors (Lipinski definition) is 2. The number of aryl methyl sites for hydroxylation is 2. The van der Waals surface area contributed by atoms with E-state index in [1.54, 1.807) is 4.68 Å². The molecule has 0 aliphatic carbocycles. The quantitative estimate of drug-likeness (QED) is 0.799. The van der Waals surface area contributed by atoms with Gasteiger partial charge in [-0.2, -0.15) is 5.10 Å². The smallest absolute Gasteiger partial charge is 0.119 e. The number of rotatable bonds is 7. The number of halogens is 1. The number of nitrogens with one attached hydrogen (secondary N) is 1. The van der Waals surface area contributed by atoms with E-state index in [1.165, 1.54) is 0 Å². The monoisotopic (exact) mass is 353 g/mol. The molecule has 0 amide bonds. The molecule has 0 aliphatic rings. The Balaban J connectivity index is 1.69. The average Bonchev–Trinajstić information content (AvgIpc) is 2.76. The number of hydrogen-bond acceptors (Lipinski definition) is 4. The van der Waals surface area contributed by atoms with Gasteiger partial charge in [-0.3, -0.25) is 4.68 Å². The van der Waals surface area contributed by atoms with Gasteiger partial charge in [-0.05, 0) is 31.2 Å². The van der Waals surface area contributed by atoms with E-state index in [-0.39, 0.29) is 6.61 Å². The zero-order valence-corrected chi connectivity index (χ0v) is 13.8. The number of benzene rings is 1. The lowest BCUT2D eigenvalue weighted by atomic mass is 10.2. The molecule has 1 unspecified atom stereocenters. The van der Waals surface area contributed by atoms with Crippen LogP contribution in [0.2, 0.25) is 0 Å². The summed E-state index contributed by atoms with van der Waals surface area (Å²) < 4.78 is 8.32. The van der Waals surface area contributed by atoms with Crippen molar-refractivity contribution in [2.75, 3.05) is 13.2 Å². The van der Waals surface area contributed by atoms with Crippen LogP contribution < -0.4 is 10.1 Å². The van der Waals surface area contributed by atoms with Gasteiger partial charge in [0.05, 0.1) is 5.69 Å². The number of aliphatic hydroxyl groups is 1. The van der Waals surface area contributed by atoms with Crippen molar-refractivity contribution < 1.29 is 9.84 Å². The zero-order chi connectivity index (χ0) is 15.2. The van der Waals surface area contributed by atoms with E-state index in [1.807, 2.05) is 44.4 Å². The summed E-state index contributed by atoms with van der Waals surface area (Å²) in [7, 11) is 1.90. The maximum Gasteiger partial charge on any atom is 0.119 e. The van der Waals surface area contributed by atoms with Gasteiger partial charge in [-0.15, -0.1) is 0 Å². The highest BCUT2D eigenvalue weighted by Crippen LogP contribution is 2.16. The molecule has 1 aromatic heterocycles. The molecule has 0 radical (unpaired) electrons. The minimum atomic E-state index is -0.550. The standard InChI is InChI=1S/C15H20BrN3O2/c1-11-12(9-19(2)18-11)7-17-8-14(20)10-21-15-5-3-13(16)4-6-15/h3-6,9,14,17,20H,7-8,10H2,1-2H3. The van der Waals surface area contributed by atoms with E-state index >= 15 is 0 Å². The van der Waals surface area contributed by atoms with Crippen molar-refractivity contribution in [3.63, 3.8) is 0 Å². The second-order valence-electron chi connectivity index (χ2n) is 4.96. The van der Waals surface area contributed by atoms with Crippen LogP contribution in [0.25, 0.3) is 0 Å². The summed E-state index contributed by atoms with van der Waals surface area (Å²) in [6.07, 6.45) is 1.43. The highest BCUT2D eigenvalue weighted by atomic mass is 79.9. The van der Waals surface area contributed by atoms with Crippen molar-refractivity contribution in [1.82, 2.24) is 15.1 Å². The van der Waals surface area contributed by atoms with Crippen molar-refractivity contribution in [2.24, 2.45) is 7.05 Å². The predicted octanol–water partition coefficient (Wildman–Crippen LogP) is 2.02. The largest absolute Gasteiger partial charge is 0.491 e. The summed E-state index contributed by atoms with van der Waals surface area (Å²) in [5.74, 6) is 0.750. The number of aliphatic hydroxyl groups excluding tert-OH is 1. The Hall–Kier alpha value is -1.37. The van der Waals surface area contributed by atoms with Gasteiger partial charge in [-0.25, -0.2) is 0 Å². The topological polar surface area (TPSA) is 59.3 Å². The van der Waals surface area contributed by atoms with E-state index in [0.29, 0.717) is 13.1 Å². The third-order valence-corrected chi connectivity index (χ3v) is 3.60. The maximum absolute atomic E-state index is 9.90. The average molecular weight is 354 g/mol. The maximum atomic E-state index is 9.90. The molecule has 114 valence electrons. The molecule has 2 N–H and O–H groups in total. The Morgan fingerprint density at radius 2 is 2.10 bits per heavy atom. The van der Waals surface area contributed by atoms with Gasteiger partial charge >= 0.3 is 0 Å². The highest BCUT2D eigenvalue weighted by Gasteiger charge is 2.07. The van der Waals surface area contributed by atoms with Crippen LogP contribution >= 0.6 is 15.9 Å². The lowest BCUT2D eigenvalue weighted by Crippen LogP contribution is -2.31. The van der Waals surface area contributed by atoms with Gasteiger partial charge in [-0.1, -0.05) is 15.9 Å². The second-order valence-corrected chi connectivity index (χ2v) is 5.88. The molecule has 0 saturated heterocycles. The van der Waals surface area contributed by atoms with Gasteiger partial charge < -0.3 is 15.2 Å². The van der Waals surface area contributed by atoms with Crippen LogP contribution in [0.4, 0.5) is 0 Å². The summed E-state index contributed by atoms with van der Waals surface area (Å²) in [6.45, 7) is 3.41. The summed E-state index contributed by atoms with van der Waals surface area (Å²) in [5.41, 5.74) is 2.14. The Morgan fingerprint density at radius 3 is 2.71 bits per heavy atom.